The van der Waals surface area contributed by atoms with Gasteiger partial charge in [-0.2, -0.15) is 0 Å². The van der Waals surface area contributed by atoms with Crippen LogP contribution in [0.5, 0.6) is 0 Å². The number of hydrogen-bond donors (Lipinski definition) is 2. The van der Waals surface area contributed by atoms with Crippen molar-refractivity contribution in [2.24, 2.45) is 11.8 Å². The number of hydrogen-bond acceptors (Lipinski definition) is 3. The fraction of sp³-hybridized carbons (Fsp3) is 0.650. The molecule has 154 valence electrons. The highest BCUT2D eigenvalue weighted by atomic mass is 35.5. The molecule has 2 N–H and O–H groups in total. The van der Waals surface area contributed by atoms with Gasteiger partial charge < -0.3 is 15.5 Å². The van der Waals surface area contributed by atoms with E-state index in [-0.39, 0.29) is 42.6 Å². The third-order valence-electron chi connectivity index (χ3n) is 5.66. The second-order valence-electron chi connectivity index (χ2n) is 7.60. The van der Waals surface area contributed by atoms with Crippen molar-refractivity contribution >= 4 is 36.4 Å². The van der Waals surface area contributed by atoms with Crippen LogP contribution in [0.3, 0.4) is 0 Å². The Labute approximate surface area is 174 Å². The van der Waals surface area contributed by atoms with Crippen molar-refractivity contribution in [2.75, 3.05) is 31.1 Å². The quantitative estimate of drug-likeness (QED) is 0.762. The molecular weight excluding hydrogens is 388 g/mol. The molecule has 0 aromatic heterocycles. The SMILES string of the molecule is CC(CC(=O)NC1CCCN(c2cccc(F)c2)C1)C1CCNCC1.Cl.Cl. The Kier molecular flexibility index (Phi) is 10.4. The molecule has 2 fully saturated rings. The minimum Gasteiger partial charge on any atom is -0.369 e. The zero-order valence-electron chi connectivity index (χ0n) is 16.0. The Bertz CT molecular complexity index is 584. The van der Waals surface area contributed by atoms with Gasteiger partial charge in [0.05, 0.1) is 0 Å². The molecule has 4 nitrogen and oxygen atoms in total. The first-order valence-electron chi connectivity index (χ1n) is 9.62. The molecule has 2 aliphatic heterocycles. The van der Waals surface area contributed by atoms with Crippen molar-refractivity contribution in [3.63, 3.8) is 0 Å². The molecule has 2 saturated heterocycles. The Balaban J connectivity index is 0.00000182. The Hall–Kier alpha value is -1.04. The average molecular weight is 420 g/mol. The number of carbonyl (C=O) groups excluding carboxylic acids is 1. The number of anilines is 1. The van der Waals surface area contributed by atoms with Gasteiger partial charge in [-0.25, -0.2) is 4.39 Å². The van der Waals surface area contributed by atoms with Crippen LogP contribution in [0.4, 0.5) is 10.1 Å². The molecule has 3 rings (SSSR count). The van der Waals surface area contributed by atoms with Crippen molar-refractivity contribution in [1.29, 1.82) is 0 Å². The maximum Gasteiger partial charge on any atom is 0.220 e. The fourth-order valence-electron chi connectivity index (χ4n) is 4.16. The summed E-state index contributed by atoms with van der Waals surface area (Å²) >= 11 is 0. The molecule has 2 aliphatic rings. The first-order chi connectivity index (χ1) is 12.1. The molecule has 0 radical (unpaired) electrons. The number of carbonyl (C=O) groups is 1. The lowest BCUT2D eigenvalue weighted by Gasteiger charge is -2.35. The number of piperidine rings is 2. The Morgan fingerprint density at radius 3 is 2.74 bits per heavy atom. The number of nitrogens with one attached hydrogen (secondary N) is 2. The van der Waals surface area contributed by atoms with Crippen molar-refractivity contribution in [2.45, 2.75) is 45.1 Å². The first-order valence-corrected chi connectivity index (χ1v) is 9.62. The lowest BCUT2D eigenvalue weighted by Crippen LogP contribution is -2.48. The highest BCUT2D eigenvalue weighted by Crippen LogP contribution is 2.25. The van der Waals surface area contributed by atoms with Gasteiger partial charge in [0.1, 0.15) is 5.82 Å². The topological polar surface area (TPSA) is 44.4 Å². The van der Waals surface area contributed by atoms with Gasteiger partial charge in [-0.1, -0.05) is 13.0 Å². The van der Waals surface area contributed by atoms with Crippen molar-refractivity contribution in [3.8, 4) is 0 Å². The standard InChI is InChI=1S/C20H30FN3O.2ClH/c1-15(16-7-9-22-10-8-16)12-20(25)23-18-5-3-11-24(14-18)19-6-2-4-17(21)13-19;;/h2,4,6,13,15-16,18,22H,3,5,7-12,14H2,1H3,(H,23,25);2*1H. The van der Waals surface area contributed by atoms with E-state index in [1.165, 1.54) is 18.9 Å². The molecule has 27 heavy (non-hydrogen) atoms. The van der Waals surface area contributed by atoms with Gasteiger partial charge in [-0.05, 0) is 68.8 Å². The van der Waals surface area contributed by atoms with Crippen LogP contribution >= 0.6 is 24.8 Å². The van der Waals surface area contributed by atoms with Gasteiger partial charge in [-0.3, -0.25) is 4.79 Å². The zero-order valence-corrected chi connectivity index (χ0v) is 17.6. The normalized spacial score (nSPS) is 21.6. The Morgan fingerprint density at radius 2 is 2.04 bits per heavy atom. The van der Waals surface area contributed by atoms with E-state index < -0.39 is 0 Å². The fourth-order valence-corrected chi connectivity index (χ4v) is 4.16. The van der Waals surface area contributed by atoms with Crippen LogP contribution in [0.15, 0.2) is 24.3 Å². The van der Waals surface area contributed by atoms with Gasteiger partial charge in [-0.15, -0.1) is 24.8 Å². The lowest BCUT2D eigenvalue weighted by molar-refractivity contribution is -0.123. The maximum atomic E-state index is 13.4. The van der Waals surface area contributed by atoms with Gasteiger partial charge in [0, 0.05) is 31.2 Å². The molecule has 2 heterocycles. The second kappa shape index (κ2) is 11.7. The number of halogens is 3. The van der Waals surface area contributed by atoms with E-state index in [1.54, 1.807) is 12.1 Å². The number of benzene rings is 1. The van der Waals surface area contributed by atoms with Gasteiger partial charge in [0.2, 0.25) is 5.91 Å². The van der Waals surface area contributed by atoms with E-state index in [0.29, 0.717) is 18.3 Å². The van der Waals surface area contributed by atoms with Gasteiger partial charge >= 0.3 is 0 Å². The van der Waals surface area contributed by atoms with Crippen molar-refractivity contribution < 1.29 is 9.18 Å². The molecule has 2 unspecified atom stereocenters. The van der Waals surface area contributed by atoms with E-state index in [4.69, 9.17) is 0 Å². The molecule has 1 aromatic rings. The summed E-state index contributed by atoms with van der Waals surface area (Å²) in [6.07, 6.45) is 4.97. The molecule has 0 spiro atoms. The van der Waals surface area contributed by atoms with E-state index in [0.717, 1.165) is 44.7 Å². The molecule has 0 bridgehead atoms. The van der Waals surface area contributed by atoms with Crippen LogP contribution < -0.4 is 15.5 Å². The molecule has 2 atom stereocenters. The van der Waals surface area contributed by atoms with E-state index in [9.17, 15) is 9.18 Å². The van der Waals surface area contributed by atoms with Crippen molar-refractivity contribution in [3.05, 3.63) is 30.1 Å². The summed E-state index contributed by atoms with van der Waals surface area (Å²) in [5, 5.41) is 6.59. The summed E-state index contributed by atoms with van der Waals surface area (Å²) in [5.74, 6) is 1.05. The zero-order chi connectivity index (χ0) is 17.6. The Morgan fingerprint density at radius 1 is 1.30 bits per heavy atom. The van der Waals surface area contributed by atoms with Crippen LogP contribution in [0.1, 0.15) is 39.0 Å². The summed E-state index contributed by atoms with van der Waals surface area (Å²) in [4.78, 5) is 14.6. The largest absolute Gasteiger partial charge is 0.369 e. The third kappa shape index (κ3) is 7.13. The highest BCUT2D eigenvalue weighted by molar-refractivity contribution is 5.85. The highest BCUT2D eigenvalue weighted by Gasteiger charge is 2.25. The smallest absolute Gasteiger partial charge is 0.220 e. The minimum absolute atomic E-state index is 0. The monoisotopic (exact) mass is 419 g/mol. The lowest BCUT2D eigenvalue weighted by atomic mass is 9.84. The summed E-state index contributed by atoms with van der Waals surface area (Å²) in [6, 6.07) is 6.88. The predicted molar refractivity (Wildman–Crippen MR) is 114 cm³/mol. The average Bonchev–Trinajstić information content (AvgIpc) is 2.62. The summed E-state index contributed by atoms with van der Waals surface area (Å²) in [7, 11) is 0. The maximum absolute atomic E-state index is 13.4. The molecule has 7 heteroatoms. The van der Waals surface area contributed by atoms with Crippen LogP contribution in [0.25, 0.3) is 0 Å². The molecule has 1 aromatic carbocycles. The molecule has 0 aliphatic carbocycles. The third-order valence-corrected chi connectivity index (χ3v) is 5.66. The molecule has 1 amide bonds. The summed E-state index contributed by atoms with van der Waals surface area (Å²) in [5.41, 5.74) is 0.905. The number of nitrogens with zero attached hydrogens (tertiary/aromatic N) is 1. The number of rotatable bonds is 5. The van der Waals surface area contributed by atoms with E-state index in [2.05, 4.69) is 22.5 Å². The van der Waals surface area contributed by atoms with Crippen LogP contribution in [-0.2, 0) is 4.79 Å². The first kappa shape index (κ1) is 24.0. The molecule has 0 saturated carbocycles. The van der Waals surface area contributed by atoms with Crippen LogP contribution in [-0.4, -0.2) is 38.1 Å². The summed E-state index contributed by atoms with van der Waals surface area (Å²) < 4.78 is 13.4. The van der Waals surface area contributed by atoms with E-state index in [1.807, 2.05) is 6.07 Å². The minimum atomic E-state index is -0.209. The van der Waals surface area contributed by atoms with E-state index >= 15 is 0 Å². The number of amides is 1. The van der Waals surface area contributed by atoms with Crippen LogP contribution in [0.2, 0.25) is 0 Å². The summed E-state index contributed by atoms with van der Waals surface area (Å²) in [6.45, 7) is 6.03. The van der Waals surface area contributed by atoms with Gasteiger partial charge in [0.15, 0.2) is 0 Å². The molecular formula is C20H32Cl2FN3O. The predicted octanol–water partition coefficient (Wildman–Crippen LogP) is 3.78. The van der Waals surface area contributed by atoms with Gasteiger partial charge in [0.25, 0.3) is 0 Å². The van der Waals surface area contributed by atoms with Crippen molar-refractivity contribution in [1.82, 2.24) is 10.6 Å². The van der Waals surface area contributed by atoms with Crippen LogP contribution in [0, 0.1) is 17.7 Å². The second-order valence-corrected chi connectivity index (χ2v) is 7.60.